The zero-order valence-corrected chi connectivity index (χ0v) is 10.7. The summed E-state index contributed by atoms with van der Waals surface area (Å²) in [6.07, 6.45) is 1.05. The van der Waals surface area contributed by atoms with E-state index in [2.05, 4.69) is 26.1 Å². The Hall–Kier alpha value is -0.240. The lowest BCUT2D eigenvalue weighted by Crippen LogP contribution is -2.42. The highest BCUT2D eigenvalue weighted by Crippen LogP contribution is 2.20. The average molecular weight is 220 g/mol. The highest BCUT2D eigenvalue weighted by Gasteiger charge is 2.27. The normalized spacial score (nSPS) is 12.7. The Balaban J connectivity index is 4.10. The van der Waals surface area contributed by atoms with E-state index >= 15 is 0 Å². The van der Waals surface area contributed by atoms with Crippen LogP contribution in [0.15, 0.2) is 0 Å². The second-order valence-electron chi connectivity index (χ2n) is 5.22. The number of hydrogen-bond acceptors (Lipinski definition) is 1. The second-order valence-corrected chi connectivity index (χ2v) is 5.49. The van der Waals surface area contributed by atoms with E-state index in [-0.39, 0.29) is 11.3 Å². The Kier molecular flexibility index (Phi) is 4.93. The van der Waals surface area contributed by atoms with Crippen LogP contribution in [-0.2, 0) is 4.79 Å². The van der Waals surface area contributed by atoms with Crippen molar-refractivity contribution < 1.29 is 4.79 Å². The van der Waals surface area contributed by atoms with Crippen molar-refractivity contribution in [1.82, 2.24) is 5.32 Å². The molecule has 0 saturated carbocycles. The molecule has 0 aromatic carbocycles. The van der Waals surface area contributed by atoms with Crippen molar-refractivity contribution in [3.05, 3.63) is 0 Å². The molecule has 0 bridgehead atoms. The molecule has 0 aromatic rings. The molecular weight excluding hydrogens is 198 g/mol. The molecule has 0 radical (unpaired) electrons. The lowest BCUT2D eigenvalue weighted by atomic mass is 9.89. The summed E-state index contributed by atoms with van der Waals surface area (Å²) in [4.78, 5) is 11.7. The van der Waals surface area contributed by atoms with Crippen LogP contribution in [0.2, 0.25) is 0 Å². The van der Waals surface area contributed by atoms with Gasteiger partial charge in [-0.25, -0.2) is 0 Å². The number of halogens is 1. The number of rotatable bonds is 5. The van der Waals surface area contributed by atoms with Crippen LogP contribution >= 0.6 is 11.6 Å². The molecule has 0 heterocycles. The first-order valence-electron chi connectivity index (χ1n) is 5.09. The molecule has 0 rings (SSSR count). The van der Waals surface area contributed by atoms with E-state index in [0.717, 1.165) is 6.42 Å². The molecule has 3 heteroatoms. The highest BCUT2D eigenvalue weighted by molar-refractivity contribution is 6.19. The van der Waals surface area contributed by atoms with Gasteiger partial charge in [0.2, 0.25) is 5.91 Å². The minimum absolute atomic E-state index is 0.0361. The van der Waals surface area contributed by atoms with Gasteiger partial charge in [0.05, 0.1) is 5.41 Å². The van der Waals surface area contributed by atoms with Crippen LogP contribution in [0.5, 0.6) is 0 Å². The number of carbonyl (C=O) groups is 1. The van der Waals surface area contributed by atoms with Crippen molar-refractivity contribution in [2.24, 2.45) is 10.8 Å². The number of amides is 1. The van der Waals surface area contributed by atoms with Gasteiger partial charge in [-0.05, 0) is 25.7 Å². The first-order valence-corrected chi connectivity index (χ1v) is 5.63. The van der Waals surface area contributed by atoms with E-state index < -0.39 is 5.41 Å². The van der Waals surface area contributed by atoms with Gasteiger partial charge in [-0.15, -0.1) is 11.6 Å². The van der Waals surface area contributed by atoms with Gasteiger partial charge >= 0.3 is 0 Å². The van der Waals surface area contributed by atoms with Gasteiger partial charge in [-0.3, -0.25) is 4.79 Å². The molecule has 2 nitrogen and oxygen atoms in total. The molecule has 0 aliphatic rings. The van der Waals surface area contributed by atoms with Gasteiger partial charge in [0.25, 0.3) is 0 Å². The number of alkyl halides is 1. The summed E-state index contributed by atoms with van der Waals surface area (Å²) in [5.41, 5.74) is -0.302. The molecule has 0 atom stereocenters. The number of hydrogen-bond donors (Lipinski definition) is 1. The molecule has 1 amide bonds. The minimum Gasteiger partial charge on any atom is -0.355 e. The summed E-state index contributed by atoms with van der Waals surface area (Å²) >= 11 is 5.71. The van der Waals surface area contributed by atoms with Crippen molar-refractivity contribution >= 4 is 17.5 Å². The Morgan fingerprint density at radius 1 is 1.29 bits per heavy atom. The van der Waals surface area contributed by atoms with Crippen LogP contribution < -0.4 is 5.32 Å². The first-order chi connectivity index (χ1) is 6.25. The topological polar surface area (TPSA) is 29.1 Å². The minimum atomic E-state index is -0.467. The fourth-order valence-corrected chi connectivity index (χ4v) is 0.866. The van der Waals surface area contributed by atoms with E-state index in [1.165, 1.54) is 0 Å². The molecule has 1 N–H and O–H groups in total. The van der Waals surface area contributed by atoms with Gasteiger partial charge in [0, 0.05) is 12.4 Å². The van der Waals surface area contributed by atoms with Crippen LogP contribution in [-0.4, -0.2) is 18.3 Å². The summed E-state index contributed by atoms with van der Waals surface area (Å²) in [5, 5.41) is 2.94. The van der Waals surface area contributed by atoms with Gasteiger partial charge < -0.3 is 5.32 Å². The molecule has 14 heavy (non-hydrogen) atoms. The van der Waals surface area contributed by atoms with Crippen molar-refractivity contribution in [2.75, 3.05) is 12.4 Å². The molecule has 84 valence electrons. The summed E-state index contributed by atoms with van der Waals surface area (Å²) in [7, 11) is 0. The molecule has 0 aliphatic carbocycles. The van der Waals surface area contributed by atoms with Crippen LogP contribution in [0, 0.1) is 10.8 Å². The fourth-order valence-electron chi connectivity index (χ4n) is 0.745. The Labute approximate surface area is 92.4 Å². The molecule has 0 aliphatic heterocycles. The zero-order chi connectivity index (χ0) is 11.4. The van der Waals surface area contributed by atoms with Gasteiger partial charge in [-0.2, -0.15) is 0 Å². The van der Waals surface area contributed by atoms with Crippen LogP contribution in [0.25, 0.3) is 0 Å². The standard InChI is InChI=1S/C11H22ClNO/c1-6-10(2,3)8-13-9(14)11(4,5)7-12/h6-8H2,1-5H3,(H,13,14). The largest absolute Gasteiger partial charge is 0.355 e. The molecule has 0 fully saturated rings. The molecule has 0 aromatic heterocycles. The van der Waals surface area contributed by atoms with Crippen LogP contribution in [0.1, 0.15) is 41.0 Å². The van der Waals surface area contributed by atoms with E-state index in [1.807, 2.05) is 13.8 Å². The zero-order valence-electron chi connectivity index (χ0n) is 9.91. The lowest BCUT2D eigenvalue weighted by Gasteiger charge is -2.26. The van der Waals surface area contributed by atoms with Crippen LogP contribution in [0.4, 0.5) is 0 Å². The van der Waals surface area contributed by atoms with Crippen molar-refractivity contribution in [2.45, 2.75) is 41.0 Å². The summed E-state index contributed by atoms with van der Waals surface area (Å²) < 4.78 is 0. The Bertz CT molecular complexity index is 199. The maximum absolute atomic E-state index is 11.7. The number of carbonyl (C=O) groups excluding carboxylic acids is 1. The van der Waals surface area contributed by atoms with Gasteiger partial charge in [0.1, 0.15) is 0 Å². The van der Waals surface area contributed by atoms with Gasteiger partial charge in [-0.1, -0.05) is 20.8 Å². The molecular formula is C11H22ClNO. The highest BCUT2D eigenvalue weighted by atomic mass is 35.5. The third-order valence-electron chi connectivity index (χ3n) is 2.63. The van der Waals surface area contributed by atoms with E-state index in [0.29, 0.717) is 12.4 Å². The van der Waals surface area contributed by atoms with E-state index in [9.17, 15) is 4.79 Å². The average Bonchev–Trinajstić information content (AvgIpc) is 2.14. The Morgan fingerprint density at radius 2 is 1.79 bits per heavy atom. The quantitative estimate of drug-likeness (QED) is 0.708. The maximum Gasteiger partial charge on any atom is 0.226 e. The smallest absolute Gasteiger partial charge is 0.226 e. The van der Waals surface area contributed by atoms with Crippen molar-refractivity contribution in [3.8, 4) is 0 Å². The SMILES string of the molecule is CCC(C)(C)CNC(=O)C(C)(C)CCl. The molecule has 0 spiro atoms. The third kappa shape index (κ3) is 4.32. The van der Waals surface area contributed by atoms with Crippen molar-refractivity contribution in [3.63, 3.8) is 0 Å². The monoisotopic (exact) mass is 219 g/mol. The van der Waals surface area contributed by atoms with E-state index in [1.54, 1.807) is 0 Å². The first kappa shape index (κ1) is 13.8. The Morgan fingerprint density at radius 3 is 2.14 bits per heavy atom. The van der Waals surface area contributed by atoms with Gasteiger partial charge in [0.15, 0.2) is 0 Å². The van der Waals surface area contributed by atoms with Crippen molar-refractivity contribution in [1.29, 1.82) is 0 Å². The van der Waals surface area contributed by atoms with Crippen LogP contribution in [0.3, 0.4) is 0 Å². The summed E-state index contributed by atoms with van der Waals surface area (Å²) in [5.74, 6) is 0.389. The second kappa shape index (κ2) is 5.01. The predicted octanol–water partition coefficient (Wildman–Crippen LogP) is 2.80. The predicted molar refractivity (Wildman–Crippen MR) is 61.6 cm³/mol. The molecule has 0 saturated heterocycles. The summed E-state index contributed by atoms with van der Waals surface area (Å²) in [6.45, 7) is 10.8. The van der Waals surface area contributed by atoms with E-state index in [4.69, 9.17) is 11.6 Å². The molecule has 0 unspecified atom stereocenters. The number of nitrogens with one attached hydrogen (secondary N) is 1. The fraction of sp³-hybridized carbons (Fsp3) is 0.909. The maximum atomic E-state index is 11.7. The third-order valence-corrected chi connectivity index (χ3v) is 3.30. The summed E-state index contributed by atoms with van der Waals surface area (Å²) in [6, 6.07) is 0. The lowest BCUT2D eigenvalue weighted by molar-refractivity contribution is -0.128.